The molecule has 0 fully saturated rings. The lowest BCUT2D eigenvalue weighted by molar-refractivity contribution is 0.0696. The molecule has 0 aliphatic heterocycles. The highest BCUT2D eigenvalue weighted by Gasteiger charge is 2.14. The quantitative estimate of drug-likeness (QED) is 0.340. The Morgan fingerprint density at radius 3 is 2.60 bits per heavy atom. The third kappa shape index (κ3) is 5.77. The summed E-state index contributed by atoms with van der Waals surface area (Å²) in [5.41, 5.74) is 3.43. The van der Waals surface area contributed by atoms with Crippen molar-refractivity contribution >= 4 is 22.8 Å². The van der Waals surface area contributed by atoms with Gasteiger partial charge in [0.1, 0.15) is 0 Å². The van der Waals surface area contributed by atoms with E-state index in [0.29, 0.717) is 16.5 Å². The molecule has 0 bridgehead atoms. The van der Waals surface area contributed by atoms with E-state index in [2.05, 4.69) is 20.3 Å². The Morgan fingerprint density at radius 2 is 1.86 bits per heavy atom. The Kier molecular flexibility index (Phi) is 7.27. The highest BCUT2D eigenvalue weighted by Crippen LogP contribution is 2.16. The molecule has 2 heterocycles. The van der Waals surface area contributed by atoms with Gasteiger partial charge in [-0.2, -0.15) is 0 Å². The van der Waals surface area contributed by atoms with Crippen molar-refractivity contribution in [1.29, 1.82) is 0 Å². The van der Waals surface area contributed by atoms with E-state index in [9.17, 15) is 14.4 Å². The number of hydrogen-bond donors (Lipinski definition) is 3. The molecule has 4 rings (SSSR count). The Balaban J connectivity index is 1.45. The van der Waals surface area contributed by atoms with Crippen molar-refractivity contribution in [2.45, 2.75) is 33.1 Å². The van der Waals surface area contributed by atoms with Gasteiger partial charge in [0.15, 0.2) is 5.82 Å². The predicted molar refractivity (Wildman–Crippen MR) is 129 cm³/mol. The van der Waals surface area contributed by atoms with Gasteiger partial charge >= 0.3 is 5.97 Å². The molecule has 0 aliphatic carbocycles. The van der Waals surface area contributed by atoms with Gasteiger partial charge < -0.3 is 20.1 Å². The van der Waals surface area contributed by atoms with Crippen LogP contribution in [0.2, 0.25) is 0 Å². The van der Waals surface area contributed by atoms with Crippen LogP contribution in [0, 0.1) is 0 Å². The monoisotopic (exact) mass is 472 g/mol. The van der Waals surface area contributed by atoms with Gasteiger partial charge in [0, 0.05) is 6.20 Å². The van der Waals surface area contributed by atoms with Crippen LogP contribution >= 0.6 is 0 Å². The van der Waals surface area contributed by atoms with Crippen molar-refractivity contribution in [3.05, 3.63) is 105 Å². The molecule has 0 unspecified atom stereocenters. The van der Waals surface area contributed by atoms with Gasteiger partial charge in [0.2, 0.25) is 0 Å². The number of carboxylic acids is 1. The van der Waals surface area contributed by atoms with Crippen molar-refractivity contribution in [3.8, 4) is 0 Å². The maximum Gasteiger partial charge on any atom is 0.335 e. The number of aryl methyl sites for hydroxylation is 1. The van der Waals surface area contributed by atoms with Gasteiger partial charge in [-0.05, 0) is 53.4 Å². The van der Waals surface area contributed by atoms with E-state index in [1.54, 1.807) is 36.5 Å². The molecule has 0 radical (unpaired) electrons. The first-order valence-electron chi connectivity index (χ1n) is 11.1. The molecule has 2 aromatic heterocycles. The number of pyridine rings is 1. The minimum absolute atomic E-state index is 0.0780. The topological polar surface area (TPSA) is 134 Å². The second-order valence-electron chi connectivity index (χ2n) is 7.91. The summed E-state index contributed by atoms with van der Waals surface area (Å²) >= 11 is 0. The number of carbonyl (C=O) groups is 2. The zero-order chi connectivity index (χ0) is 24.8. The second-order valence-corrected chi connectivity index (χ2v) is 7.91. The number of carbonyl (C=O) groups excluding carboxylic acids is 1. The van der Waals surface area contributed by atoms with Crippen LogP contribution in [0.1, 0.15) is 50.3 Å². The van der Waals surface area contributed by atoms with Gasteiger partial charge in [0.25, 0.3) is 11.5 Å². The molecule has 4 aromatic rings. The Bertz CT molecular complexity index is 1430. The largest absolute Gasteiger partial charge is 0.478 e. The number of aromatic amines is 1. The summed E-state index contributed by atoms with van der Waals surface area (Å²) in [6, 6.07) is 15.4. The number of nitrogens with zero attached hydrogens (tertiary/aromatic N) is 2. The number of amides is 1. The molecule has 0 saturated heterocycles. The van der Waals surface area contributed by atoms with Gasteiger partial charge in [-0.1, -0.05) is 31.2 Å². The molecule has 9 nitrogen and oxygen atoms in total. The third-order valence-corrected chi connectivity index (χ3v) is 5.48. The standard InChI is InChI=1S/C26H24N4O5/c1-2-16-10-11-27-20(12-16)13-28-25(32)23-29-21-5-3-4-19(22(21)24(31)30-23)15-35-14-17-6-8-18(9-7-17)26(33)34/h3-12H,2,13-15H2,1H3,(H,28,32)(H,33,34)(H,29,30,31). The van der Waals surface area contributed by atoms with E-state index in [1.165, 1.54) is 12.1 Å². The van der Waals surface area contributed by atoms with E-state index in [1.807, 2.05) is 19.1 Å². The molecule has 178 valence electrons. The Hall–Kier alpha value is -4.37. The van der Waals surface area contributed by atoms with Crippen LogP contribution in [-0.2, 0) is 30.9 Å². The van der Waals surface area contributed by atoms with E-state index >= 15 is 0 Å². The lowest BCUT2D eigenvalue weighted by atomic mass is 10.1. The van der Waals surface area contributed by atoms with Crippen LogP contribution in [0.3, 0.4) is 0 Å². The fraction of sp³-hybridized carbons (Fsp3) is 0.192. The Morgan fingerprint density at radius 1 is 1.06 bits per heavy atom. The molecule has 0 atom stereocenters. The number of carboxylic acid groups (broad SMARTS) is 1. The first-order chi connectivity index (χ1) is 16.9. The molecule has 9 heteroatoms. The zero-order valence-corrected chi connectivity index (χ0v) is 19.1. The summed E-state index contributed by atoms with van der Waals surface area (Å²) in [4.78, 5) is 47.5. The summed E-state index contributed by atoms with van der Waals surface area (Å²) in [6.45, 7) is 2.65. The predicted octanol–water partition coefficient (Wildman–Crippen LogP) is 3.23. The summed E-state index contributed by atoms with van der Waals surface area (Å²) < 4.78 is 5.74. The SMILES string of the molecule is CCc1ccnc(CNC(=O)c2nc3cccc(COCc4ccc(C(=O)O)cc4)c3c(=O)[nH]2)c1. The van der Waals surface area contributed by atoms with E-state index in [4.69, 9.17) is 9.84 Å². The number of hydrogen-bond acceptors (Lipinski definition) is 6. The molecule has 2 aromatic carbocycles. The molecule has 0 aliphatic rings. The maximum atomic E-state index is 12.8. The number of fused-ring (bicyclic) bond motifs is 1. The smallest absolute Gasteiger partial charge is 0.335 e. The van der Waals surface area contributed by atoms with Gasteiger partial charge in [-0.3, -0.25) is 14.6 Å². The van der Waals surface area contributed by atoms with Crippen molar-refractivity contribution in [1.82, 2.24) is 20.3 Å². The highest BCUT2D eigenvalue weighted by molar-refractivity contribution is 5.93. The third-order valence-electron chi connectivity index (χ3n) is 5.48. The normalized spacial score (nSPS) is 10.9. The van der Waals surface area contributed by atoms with Crippen molar-refractivity contribution in [2.75, 3.05) is 0 Å². The number of aromatic carboxylic acids is 1. The fourth-order valence-corrected chi connectivity index (χ4v) is 3.61. The van der Waals surface area contributed by atoms with Crippen LogP contribution in [0.5, 0.6) is 0 Å². The first-order valence-corrected chi connectivity index (χ1v) is 11.1. The fourth-order valence-electron chi connectivity index (χ4n) is 3.61. The Labute approximate surface area is 200 Å². The lowest BCUT2D eigenvalue weighted by Gasteiger charge is -2.09. The molecular weight excluding hydrogens is 448 g/mol. The molecule has 3 N–H and O–H groups in total. The van der Waals surface area contributed by atoms with Crippen LogP contribution in [-0.4, -0.2) is 31.9 Å². The van der Waals surface area contributed by atoms with Gasteiger partial charge in [-0.25, -0.2) is 9.78 Å². The summed E-state index contributed by atoms with van der Waals surface area (Å²) in [5, 5.41) is 12.1. The average Bonchev–Trinajstić information content (AvgIpc) is 2.87. The highest BCUT2D eigenvalue weighted by atomic mass is 16.5. The van der Waals surface area contributed by atoms with E-state index < -0.39 is 17.4 Å². The molecule has 1 amide bonds. The van der Waals surface area contributed by atoms with Gasteiger partial charge in [-0.15, -0.1) is 0 Å². The minimum atomic E-state index is -0.990. The van der Waals surface area contributed by atoms with Crippen molar-refractivity contribution in [3.63, 3.8) is 0 Å². The summed E-state index contributed by atoms with van der Waals surface area (Å²) in [5.74, 6) is -1.57. The molecular formula is C26H24N4O5. The average molecular weight is 473 g/mol. The van der Waals surface area contributed by atoms with E-state index in [0.717, 1.165) is 23.2 Å². The maximum absolute atomic E-state index is 12.8. The number of benzene rings is 2. The number of aromatic nitrogens is 3. The van der Waals surface area contributed by atoms with Crippen LogP contribution in [0.15, 0.2) is 65.6 Å². The van der Waals surface area contributed by atoms with Crippen LogP contribution < -0.4 is 10.9 Å². The number of H-pyrrole nitrogens is 1. The number of ether oxygens (including phenoxy) is 1. The second kappa shape index (κ2) is 10.7. The summed E-state index contributed by atoms with van der Waals surface area (Å²) in [6.07, 6.45) is 2.57. The molecule has 0 spiro atoms. The number of rotatable bonds is 9. The van der Waals surface area contributed by atoms with Gasteiger partial charge in [0.05, 0.1) is 41.9 Å². The zero-order valence-electron chi connectivity index (χ0n) is 19.1. The van der Waals surface area contributed by atoms with Crippen molar-refractivity contribution in [2.24, 2.45) is 0 Å². The van der Waals surface area contributed by atoms with E-state index in [-0.39, 0.29) is 31.1 Å². The molecule has 0 saturated carbocycles. The summed E-state index contributed by atoms with van der Waals surface area (Å²) in [7, 11) is 0. The first kappa shape index (κ1) is 23.8. The van der Waals surface area contributed by atoms with Crippen molar-refractivity contribution < 1.29 is 19.4 Å². The minimum Gasteiger partial charge on any atom is -0.478 e. The number of nitrogens with one attached hydrogen (secondary N) is 2. The van der Waals surface area contributed by atoms with Crippen LogP contribution in [0.4, 0.5) is 0 Å². The lowest BCUT2D eigenvalue weighted by Crippen LogP contribution is -2.28. The van der Waals surface area contributed by atoms with Crippen LogP contribution in [0.25, 0.3) is 10.9 Å². The molecule has 35 heavy (non-hydrogen) atoms.